The van der Waals surface area contributed by atoms with E-state index in [9.17, 15) is 20.3 Å². The van der Waals surface area contributed by atoms with Gasteiger partial charge in [0.25, 0.3) is 0 Å². The summed E-state index contributed by atoms with van der Waals surface area (Å²) < 4.78 is 5.78. The molecule has 0 aliphatic rings. The minimum atomic E-state index is -1.79. The Labute approximate surface area is 106 Å². The van der Waals surface area contributed by atoms with Crippen molar-refractivity contribution < 1.29 is 19.6 Å². The molecule has 0 spiro atoms. The maximum absolute atomic E-state index is 10.7. The van der Waals surface area contributed by atoms with Crippen LogP contribution in [0.3, 0.4) is 0 Å². The molecule has 7 heteroatoms. The molecule has 2 N–H and O–H groups in total. The van der Waals surface area contributed by atoms with Gasteiger partial charge in [0.05, 0.1) is 11.0 Å². The molecule has 1 aromatic carbocycles. The first-order chi connectivity index (χ1) is 8.11. The van der Waals surface area contributed by atoms with Crippen molar-refractivity contribution in [3.05, 3.63) is 27.8 Å². The second-order valence-electron chi connectivity index (χ2n) is 5.04. The fourth-order valence-corrected chi connectivity index (χ4v) is 2.79. The van der Waals surface area contributed by atoms with Crippen LogP contribution in [0.15, 0.2) is 12.1 Å². The predicted octanol–water partition coefficient (Wildman–Crippen LogP) is 2.92. The first kappa shape index (κ1) is 14.5. The van der Waals surface area contributed by atoms with Crippen molar-refractivity contribution in [2.75, 3.05) is 0 Å². The number of nitro groups is 1. The Balaban J connectivity index is 3.15. The van der Waals surface area contributed by atoms with Gasteiger partial charge in [0, 0.05) is 6.07 Å². The standard InChI is InChI=1S/C11H17NO5Si/c1-7(17-18(2,3)4)8-5-9(12(15)16)11(14)10(13)6-8/h5-7,13-14H,1-4H3. The molecule has 1 unspecified atom stereocenters. The molecular weight excluding hydrogens is 254 g/mol. The van der Waals surface area contributed by atoms with E-state index < -0.39 is 30.4 Å². The second kappa shape index (κ2) is 4.95. The quantitative estimate of drug-likeness (QED) is 0.380. The first-order valence-electron chi connectivity index (χ1n) is 5.50. The van der Waals surface area contributed by atoms with E-state index in [4.69, 9.17) is 4.43 Å². The molecule has 0 saturated heterocycles. The summed E-state index contributed by atoms with van der Waals surface area (Å²) in [6.45, 7) is 7.75. The third kappa shape index (κ3) is 3.44. The highest BCUT2D eigenvalue weighted by Crippen LogP contribution is 2.38. The van der Waals surface area contributed by atoms with Crippen LogP contribution in [0.4, 0.5) is 5.69 Å². The van der Waals surface area contributed by atoms with Gasteiger partial charge in [-0.2, -0.15) is 0 Å². The molecule has 100 valence electrons. The molecule has 0 heterocycles. The second-order valence-corrected chi connectivity index (χ2v) is 9.50. The highest BCUT2D eigenvalue weighted by atomic mass is 28.4. The number of hydrogen-bond acceptors (Lipinski definition) is 5. The summed E-state index contributed by atoms with van der Waals surface area (Å²) in [6, 6.07) is 2.51. The fraction of sp³-hybridized carbons (Fsp3) is 0.455. The van der Waals surface area contributed by atoms with Crippen LogP contribution in [0.5, 0.6) is 11.5 Å². The number of benzene rings is 1. The van der Waals surface area contributed by atoms with Gasteiger partial charge in [0.2, 0.25) is 5.75 Å². The van der Waals surface area contributed by atoms with Crippen LogP contribution in [-0.2, 0) is 4.43 Å². The topological polar surface area (TPSA) is 92.8 Å². The molecule has 1 aromatic rings. The van der Waals surface area contributed by atoms with Crippen LogP contribution in [0, 0.1) is 10.1 Å². The van der Waals surface area contributed by atoms with Crippen molar-refractivity contribution in [2.24, 2.45) is 0 Å². The molecular formula is C11H17NO5Si. The van der Waals surface area contributed by atoms with Gasteiger partial charge in [-0.3, -0.25) is 10.1 Å². The van der Waals surface area contributed by atoms with E-state index in [0.717, 1.165) is 0 Å². The average Bonchev–Trinajstić information content (AvgIpc) is 2.18. The zero-order chi connectivity index (χ0) is 14.1. The molecule has 0 amide bonds. The number of nitro benzene ring substituents is 1. The van der Waals surface area contributed by atoms with Gasteiger partial charge in [-0.05, 0) is 38.2 Å². The lowest BCUT2D eigenvalue weighted by molar-refractivity contribution is -0.386. The van der Waals surface area contributed by atoms with E-state index in [2.05, 4.69) is 0 Å². The van der Waals surface area contributed by atoms with E-state index in [1.54, 1.807) is 6.92 Å². The van der Waals surface area contributed by atoms with Crippen molar-refractivity contribution in [3.63, 3.8) is 0 Å². The molecule has 0 aromatic heterocycles. The summed E-state index contributed by atoms with van der Waals surface area (Å²) in [4.78, 5) is 10.0. The third-order valence-corrected chi connectivity index (χ3v) is 3.35. The summed E-state index contributed by atoms with van der Waals surface area (Å²) in [5.74, 6) is -1.23. The minimum absolute atomic E-state index is 0.373. The number of phenols is 2. The summed E-state index contributed by atoms with van der Waals surface area (Å²) >= 11 is 0. The zero-order valence-electron chi connectivity index (χ0n) is 10.8. The Morgan fingerprint density at radius 1 is 1.33 bits per heavy atom. The zero-order valence-corrected chi connectivity index (χ0v) is 11.8. The van der Waals surface area contributed by atoms with E-state index >= 15 is 0 Å². The number of phenolic OH excluding ortho intramolecular Hbond substituents is 2. The number of nitrogens with zero attached hydrogens (tertiary/aromatic N) is 1. The molecule has 0 radical (unpaired) electrons. The summed E-state index contributed by atoms with van der Waals surface area (Å²) in [5, 5.41) is 29.6. The minimum Gasteiger partial charge on any atom is -0.504 e. The Bertz CT molecular complexity index is 469. The van der Waals surface area contributed by atoms with Gasteiger partial charge in [0.1, 0.15) is 0 Å². The predicted molar refractivity (Wildman–Crippen MR) is 69.3 cm³/mol. The van der Waals surface area contributed by atoms with Gasteiger partial charge in [-0.15, -0.1) is 0 Å². The van der Waals surface area contributed by atoms with Crippen molar-refractivity contribution in [2.45, 2.75) is 32.7 Å². The van der Waals surface area contributed by atoms with Crippen LogP contribution in [-0.4, -0.2) is 23.5 Å². The van der Waals surface area contributed by atoms with Crippen molar-refractivity contribution in [3.8, 4) is 11.5 Å². The van der Waals surface area contributed by atoms with Gasteiger partial charge in [-0.1, -0.05) is 0 Å². The summed E-state index contributed by atoms with van der Waals surface area (Å²) in [5.41, 5.74) is -0.0459. The number of hydrogen-bond donors (Lipinski definition) is 2. The molecule has 0 aliphatic carbocycles. The van der Waals surface area contributed by atoms with Crippen LogP contribution >= 0.6 is 0 Å². The maximum atomic E-state index is 10.7. The van der Waals surface area contributed by atoms with E-state index in [1.165, 1.54) is 12.1 Å². The van der Waals surface area contributed by atoms with Crippen LogP contribution in [0.1, 0.15) is 18.6 Å². The normalized spacial score (nSPS) is 13.3. The monoisotopic (exact) mass is 271 g/mol. The molecule has 6 nitrogen and oxygen atoms in total. The lowest BCUT2D eigenvalue weighted by atomic mass is 10.1. The van der Waals surface area contributed by atoms with Gasteiger partial charge in [-0.25, -0.2) is 0 Å². The smallest absolute Gasteiger partial charge is 0.315 e. The number of aromatic hydroxyl groups is 2. The highest BCUT2D eigenvalue weighted by molar-refractivity contribution is 6.69. The molecule has 0 saturated carbocycles. The lowest BCUT2D eigenvalue weighted by Crippen LogP contribution is -2.26. The van der Waals surface area contributed by atoms with Crippen molar-refractivity contribution in [1.29, 1.82) is 0 Å². The molecule has 1 rings (SSSR count). The Hall–Kier alpha value is -1.60. The molecule has 0 fully saturated rings. The van der Waals surface area contributed by atoms with Crippen molar-refractivity contribution >= 4 is 14.0 Å². The lowest BCUT2D eigenvalue weighted by Gasteiger charge is -2.23. The summed E-state index contributed by atoms with van der Waals surface area (Å²) in [7, 11) is -1.79. The third-order valence-electron chi connectivity index (χ3n) is 2.29. The van der Waals surface area contributed by atoms with E-state index in [-0.39, 0.29) is 6.10 Å². The highest BCUT2D eigenvalue weighted by Gasteiger charge is 2.24. The maximum Gasteiger partial charge on any atom is 0.315 e. The average molecular weight is 271 g/mol. The van der Waals surface area contributed by atoms with Crippen LogP contribution < -0.4 is 0 Å². The molecule has 18 heavy (non-hydrogen) atoms. The summed E-state index contributed by atoms with van der Waals surface area (Å²) in [6.07, 6.45) is -0.373. The first-order valence-corrected chi connectivity index (χ1v) is 8.90. The van der Waals surface area contributed by atoms with Crippen molar-refractivity contribution in [1.82, 2.24) is 0 Å². The Morgan fingerprint density at radius 2 is 1.89 bits per heavy atom. The van der Waals surface area contributed by atoms with Gasteiger partial charge >= 0.3 is 5.69 Å². The van der Waals surface area contributed by atoms with Crippen LogP contribution in [0.2, 0.25) is 19.6 Å². The fourth-order valence-electron chi connectivity index (χ4n) is 1.60. The number of rotatable bonds is 4. The Kier molecular flexibility index (Phi) is 3.97. The van der Waals surface area contributed by atoms with Gasteiger partial charge < -0.3 is 14.6 Å². The largest absolute Gasteiger partial charge is 0.504 e. The molecule has 1 atom stereocenters. The van der Waals surface area contributed by atoms with E-state index in [0.29, 0.717) is 5.56 Å². The SMILES string of the molecule is CC(O[Si](C)(C)C)c1cc(O)c(O)c([N+](=O)[O-])c1. The van der Waals surface area contributed by atoms with E-state index in [1.807, 2.05) is 19.6 Å². The molecule has 0 bridgehead atoms. The van der Waals surface area contributed by atoms with Crippen LogP contribution in [0.25, 0.3) is 0 Å². The Morgan fingerprint density at radius 3 is 2.33 bits per heavy atom. The molecule has 0 aliphatic heterocycles. The van der Waals surface area contributed by atoms with Gasteiger partial charge in [0.15, 0.2) is 14.1 Å².